The predicted molar refractivity (Wildman–Crippen MR) is 133 cm³/mol. The smallest absolute Gasteiger partial charge is 0.174 e. The predicted octanol–water partition coefficient (Wildman–Crippen LogP) is 6.88. The van der Waals surface area contributed by atoms with Gasteiger partial charge in [0.1, 0.15) is 11.5 Å². The summed E-state index contributed by atoms with van der Waals surface area (Å²) in [4.78, 5) is 7.96. The summed E-state index contributed by atoms with van der Waals surface area (Å²) < 4.78 is 7.04. The van der Waals surface area contributed by atoms with Gasteiger partial charge in [-0.15, -0.1) is 11.3 Å². The van der Waals surface area contributed by atoms with Gasteiger partial charge in [-0.1, -0.05) is 24.3 Å². The first kappa shape index (κ1) is 20.2. The molecule has 0 aliphatic carbocycles. The molecule has 0 spiro atoms. The molecule has 0 bridgehead atoms. The highest BCUT2D eigenvalue weighted by atomic mass is 79.9. The minimum absolute atomic E-state index is 0.000378. The van der Waals surface area contributed by atoms with Gasteiger partial charge in [0, 0.05) is 16.8 Å². The molecular weight excluding hydrogens is 490 g/mol. The van der Waals surface area contributed by atoms with Gasteiger partial charge in [-0.05, 0) is 88.8 Å². The number of rotatable bonds is 5. The van der Waals surface area contributed by atoms with Gasteiger partial charge in [0.05, 0.1) is 21.6 Å². The second kappa shape index (κ2) is 8.78. The fourth-order valence-electron chi connectivity index (χ4n) is 3.71. The zero-order valence-electron chi connectivity index (χ0n) is 16.3. The molecule has 1 fully saturated rings. The van der Waals surface area contributed by atoms with Gasteiger partial charge in [0.25, 0.3) is 0 Å². The number of nitrogens with one attached hydrogen (secondary N) is 1. The van der Waals surface area contributed by atoms with Crippen LogP contribution in [0.2, 0.25) is 0 Å². The van der Waals surface area contributed by atoms with Crippen molar-refractivity contribution in [2.24, 2.45) is 0 Å². The average Bonchev–Trinajstić information content (AvgIpc) is 3.38. The van der Waals surface area contributed by atoms with E-state index in [9.17, 15) is 0 Å². The van der Waals surface area contributed by atoms with Gasteiger partial charge in [-0.3, -0.25) is 4.98 Å². The second-order valence-electron chi connectivity index (χ2n) is 7.05. The van der Waals surface area contributed by atoms with E-state index in [1.807, 2.05) is 79.0 Å². The third-order valence-corrected chi connectivity index (χ3v) is 7.09. The van der Waals surface area contributed by atoms with Crippen LogP contribution in [0.15, 0.2) is 94.9 Å². The number of nitrogens with zero attached hydrogens (tertiary/aromatic N) is 2. The third kappa shape index (κ3) is 4.21. The number of thiophene rings is 1. The largest absolute Gasteiger partial charge is 0.457 e. The standard InChI is InChI=1S/C24H18BrN3OS2/c25-21-14-13-20(31-21)23-22(19-8-4-5-15-26-19)27-24(30)28(23)16-9-11-18(12-10-16)29-17-6-2-1-3-7-17/h1-15,22-23H,(H,27,30). The molecule has 1 aliphatic heterocycles. The zero-order chi connectivity index (χ0) is 21.2. The first-order valence-corrected chi connectivity index (χ1v) is 11.8. The SMILES string of the molecule is S=C1NC(c2ccccn2)C(c2ccc(Br)s2)N1c1ccc(Oc2ccccc2)cc1. The molecule has 3 heterocycles. The van der Waals surface area contributed by atoms with Crippen molar-refractivity contribution in [1.82, 2.24) is 10.3 Å². The Bertz CT molecular complexity index is 1180. The Morgan fingerprint density at radius 3 is 2.32 bits per heavy atom. The Labute approximate surface area is 198 Å². The van der Waals surface area contributed by atoms with Crippen molar-refractivity contribution in [1.29, 1.82) is 0 Å². The highest BCUT2D eigenvalue weighted by Gasteiger charge is 2.41. The Hall–Kier alpha value is -2.74. The molecule has 7 heteroatoms. The average molecular weight is 508 g/mol. The number of pyridine rings is 1. The molecule has 0 radical (unpaired) electrons. The molecule has 31 heavy (non-hydrogen) atoms. The molecule has 2 aromatic heterocycles. The zero-order valence-corrected chi connectivity index (χ0v) is 19.5. The second-order valence-corrected chi connectivity index (χ2v) is 9.93. The van der Waals surface area contributed by atoms with Crippen LogP contribution in [0.25, 0.3) is 0 Å². The van der Waals surface area contributed by atoms with Crippen LogP contribution in [0.4, 0.5) is 5.69 Å². The number of hydrogen-bond acceptors (Lipinski definition) is 4. The van der Waals surface area contributed by atoms with E-state index in [0.717, 1.165) is 26.7 Å². The molecule has 1 saturated heterocycles. The lowest BCUT2D eigenvalue weighted by molar-refractivity contribution is 0.482. The maximum Gasteiger partial charge on any atom is 0.174 e. The van der Waals surface area contributed by atoms with Crippen molar-refractivity contribution in [3.8, 4) is 11.5 Å². The molecule has 5 rings (SSSR count). The normalized spacial score (nSPS) is 18.1. The summed E-state index contributed by atoms with van der Waals surface area (Å²) >= 11 is 11.1. The Morgan fingerprint density at radius 2 is 1.65 bits per heavy atom. The minimum Gasteiger partial charge on any atom is -0.457 e. The van der Waals surface area contributed by atoms with Crippen LogP contribution in [-0.4, -0.2) is 10.1 Å². The minimum atomic E-state index is -0.0421. The Kier molecular flexibility index (Phi) is 5.72. The van der Waals surface area contributed by atoms with Crippen molar-refractivity contribution in [3.05, 3.63) is 105 Å². The van der Waals surface area contributed by atoms with E-state index in [4.69, 9.17) is 17.0 Å². The number of ether oxygens (including phenoxy) is 1. The summed E-state index contributed by atoms with van der Waals surface area (Å²) in [7, 11) is 0. The molecule has 1 N–H and O–H groups in total. The van der Waals surface area contributed by atoms with E-state index in [1.165, 1.54) is 4.88 Å². The van der Waals surface area contributed by atoms with Crippen LogP contribution in [0.1, 0.15) is 22.7 Å². The molecule has 2 atom stereocenters. The maximum absolute atomic E-state index is 5.95. The summed E-state index contributed by atoms with van der Waals surface area (Å²) in [6.45, 7) is 0. The van der Waals surface area contributed by atoms with Gasteiger partial charge in [-0.2, -0.15) is 0 Å². The van der Waals surface area contributed by atoms with Gasteiger partial charge >= 0.3 is 0 Å². The molecular formula is C24H18BrN3OS2. The number of anilines is 1. The lowest BCUT2D eigenvalue weighted by Crippen LogP contribution is -2.28. The highest BCUT2D eigenvalue weighted by molar-refractivity contribution is 9.11. The summed E-state index contributed by atoms with van der Waals surface area (Å²) in [6.07, 6.45) is 1.82. The van der Waals surface area contributed by atoms with Gasteiger partial charge in [0.2, 0.25) is 0 Å². The van der Waals surface area contributed by atoms with E-state index in [0.29, 0.717) is 5.11 Å². The number of hydrogen-bond donors (Lipinski definition) is 1. The topological polar surface area (TPSA) is 37.4 Å². The maximum atomic E-state index is 5.95. The van der Waals surface area contributed by atoms with Crippen molar-refractivity contribution in [2.45, 2.75) is 12.1 Å². The lowest BCUT2D eigenvalue weighted by atomic mass is 10.0. The van der Waals surface area contributed by atoms with E-state index >= 15 is 0 Å². The first-order valence-electron chi connectivity index (χ1n) is 9.78. The van der Waals surface area contributed by atoms with Gasteiger partial charge < -0.3 is 15.0 Å². The summed E-state index contributed by atoms with van der Waals surface area (Å²) in [6, 6.07) is 27.9. The molecule has 2 aromatic carbocycles. The molecule has 2 unspecified atom stereocenters. The number of thiocarbonyl (C=S) groups is 1. The number of halogens is 1. The van der Waals surface area contributed by atoms with Crippen molar-refractivity contribution < 1.29 is 4.74 Å². The van der Waals surface area contributed by atoms with Crippen molar-refractivity contribution >= 4 is 50.3 Å². The first-order chi connectivity index (χ1) is 15.2. The van der Waals surface area contributed by atoms with Crippen LogP contribution in [0, 0.1) is 0 Å². The van der Waals surface area contributed by atoms with Crippen molar-refractivity contribution in [3.63, 3.8) is 0 Å². The van der Waals surface area contributed by atoms with Crippen LogP contribution in [-0.2, 0) is 0 Å². The molecule has 0 amide bonds. The van der Waals surface area contributed by atoms with E-state index in [1.54, 1.807) is 11.3 Å². The van der Waals surface area contributed by atoms with Gasteiger partial charge in [-0.25, -0.2) is 0 Å². The highest BCUT2D eigenvalue weighted by Crippen LogP contribution is 2.44. The molecule has 154 valence electrons. The van der Waals surface area contributed by atoms with Crippen LogP contribution < -0.4 is 15.0 Å². The van der Waals surface area contributed by atoms with E-state index in [-0.39, 0.29) is 12.1 Å². The molecule has 4 aromatic rings. The van der Waals surface area contributed by atoms with Gasteiger partial charge in [0.15, 0.2) is 5.11 Å². The van der Waals surface area contributed by atoms with Crippen molar-refractivity contribution in [2.75, 3.05) is 4.90 Å². The fraction of sp³-hybridized carbons (Fsp3) is 0.0833. The Balaban J connectivity index is 1.48. The molecule has 0 saturated carbocycles. The number of para-hydroxylation sites is 1. The van der Waals surface area contributed by atoms with Crippen LogP contribution in [0.3, 0.4) is 0 Å². The van der Waals surface area contributed by atoms with Crippen LogP contribution >= 0.6 is 39.5 Å². The summed E-state index contributed by atoms with van der Waals surface area (Å²) in [5.41, 5.74) is 1.97. The monoisotopic (exact) mass is 507 g/mol. The lowest BCUT2D eigenvalue weighted by Gasteiger charge is -2.27. The van der Waals surface area contributed by atoms with E-state index in [2.05, 4.69) is 43.3 Å². The molecule has 1 aliphatic rings. The summed E-state index contributed by atoms with van der Waals surface area (Å²) in [5, 5.41) is 4.17. The number of aromatic nitrogens is 1. The third-order valence-electron chi connectivity index (χ3n) is 5.08. The molecule has 4 nitrogen and oxygen atoms in total. The summed E-state index contributed by atoms with van der Waals surface area (Å²) in [5.74, 6) is 1.59. The number of benzene rings is 2. The van der Waals surface area contributed by atoms with E-state index < -0.39 is 0 Å². The Morgan fingerprint density at radius 1 is 0.903 bits per heavy atom. The fourth-order valence-corrected chi connectivity index (χ4v) is 5.61. The quantitative estimate of drug-likeness (QED) is 0.298. The van der Waals surface area contributed by atoms with Crippen LogP contribution in [0.5, 0.6) is 11.5 Å².